The first-order valence-corrected chi connectivity index (χ1v) is 13.2. The minimum absolute atomic E-state index is 0.0930. The number of nitrogens with one attached hydrogen (secondary N) is 2. The molecule has 1 heterocycles. The second kappa shape index (κ2) is 13.4. The quantitative estimate of drug-likeness (QED) is 0.533. The smallest absolute Gasteiger partial charge is 0.318 e. The molecule has 198 valence electrons. The van der Waals surface area contributed by atoms with Crippen molar-refractivity contribution in [3.63, 3.8) is 0 Å². The van der Waals surface area contributed by atoms with Crippen LogP contribution in [0, 0.1) is 0 Å². The van der Waals surface area contributed by atoms with Crippen molar-refractivity contribution in [2.75, 3.05) is 20.1 Å². The first-order chi connectivity index (χ1) is 18.5. The Balaban J connectivity index is 1.60. The molecule has 0 bridgehead atoms. The van der Waals surface area contributed by atoms with Gasteiger partial charge in [0.1, 0.15) is 6.04 Å². The summed E-state index contributed by atoms with van der Waals surface area (Å²) in [6.45, 7) is 1.07. The lowest BCUT2D eigenvalue weighted by atomic mass is 9.96. The van der Waals surface area contributed by atoms with E-state index in [1.165, 1.54) is 0 Å². The summed E-state index contributed by atoms with van der Waals surface area (Å²) in [7, 11) is 1.59. The normalized spacial score (nSPS) is 19.1. The van der Waals surface area contributed by atoms with E-state index in [0.29, 0.717) is 32.5 Å². The number of urea groups is 1. The van der Waals surface area contributed by atoms with Crippen LogP contribution in [0.3, 0.4) is 0 Å². The maximum atomic E-state index is 13.9. The monoisotopic (exact) mass is 512 g/mol. The first-order valence-electron chi connectivity index (χ1n) is 13.2. The Morgan fingerprint density at radius 3 is 2.39 bits per heavy atom. The lowest BCUT2D eigenvalue weighted by molar-refractivity contribution is -0.145. The zero-order valence-corrected chi connectivity index (χ0v) is 21.9. The SMILES string of the molecule is CNC(=O)CC1CN(Cc2ccccc2)C(=O)C(CCc2ccccc2)N1C(=O)NCC1=CC=CCC=C1. The molecule has 4 amide bonds. The molecule has 0 aromatic heterocycles. The van der Waals surface area contributed by atoms with E-state index in [0.717, 1.165) is 23.1 Å². The third kappa shape index (κ3) is 7.22. The molecule has 2 aromatic rings. The number of hydrogen-bond donors (Lipinski definition) is 2. The highest BCUT2D eigenvalue weighted by Gasteiger charge is 2.43. The molecule has 2 aromatic carbocycles. The maximum absolute atomic E-state index is 13.9. The number of rotatable bonds is 9. The zero-order valence-electron chi connectivity index (χ0n) is 21.9. The zero-order chi connectivity index (χ0) is 26.7. The predicted octanol–water partition coefficient (Wildman–Crippen LogP) is 3.99. The minimum Gasteiger partial charge on any atom is -0.359 e. The molecule has 1 fully saturated rings. The van der Waals surface area contributed by atoms with Crippen molar-refractivity contribution in [3.05, 3.63) is 108 Å². The number of benzene rings is 2. The molecule has 7 nitrogen and oxygen atoms in total. The van der Waals surface area contributed by atoms with Gasteiger partial charge in [-0.1, -0.05) is 91.0 Å². The Bertz CT molecular complexity index is 1190. The second-order valence-corrected chi connectivity index (χ2v) is 9.65. The van der Waals surface area contributed by atoms with Gasteiger partial charge in [0.05, 0.1) is 6.04 Å². The Labute approximate surface area is 224 Å². The molecule has 38 heavy (non-hydrogen) atoms. The minimum atomic E-state index is -0.680. The molecule has 4 rings (SSSR count). The van der Waals surface area contributed by atoms with Gasteiger partial charge in [0.25, 0.3) is 0 Å². The van der Waals surface area contributed by atoms with Crippen LogP contribution in [-0.4, -0.2) is 59.9 Å². The van der Waals surface area contributed by atoms with Crippen molar-refractivity contribution in [1.82, 2.24) is 20.4 Å². The number of carbonyl (C=O) groups is 3. The molecule has 7 heteroatoms. The van der Waals surface area contributed by atoms with Gasteiger partial charge in [-0.15, -0.1) is 0 Å². The van der Waals surface area contributed by atoms with E-state index in [1.54, 1.807) is 16.8 Å². The van der Waals surface area contributed by atoms with E-state index in [1.807, 2.05) is 85.0 Å². The number of amides is 4. The molecule has 1 aliphatic heterocycles. The molecule has 2 unspecified atom stereocenters. The summed E-state index contributed by atoms with van der Waals surface area (Å²) in [5.74, 6) is -0.257. The van der Waals surface area contributed by atoms with E-state index >= 15 is 0 Å². The van der Waals surface area contributed by atoms with E-state index in [4.69, 9.17) is 0 Å². The van der Waals surface area contributed by atoms with Crippen LogP contribution in [0.2, 0.25) is 0 Å². The topological polar surface area (TPSA) is 81.8 Å². The van der Waals surface area contributed by atoms with Gasteiger partial charge in [0.15, 0.2) is 0 Å². The van der Waals surface area contributed by atoms with E-state index in [2.05, 4.69) is 16.7 Å². The highest BCUT2D eigenvalue weighted by atomic mass is 16.2. The van der Waals surface area contributed by atoms with Crippen LogP contribution < -0.4 is 10.6 Å². The molecule has 2 atom stereocenters. The Morgan fingerprint density at radius 1 is 0.974 bits per heavy atom. The summed E-state index contributed by atoms with van der Waals surface area (Å²) in [5, 5.41) is 5.70. The largest absolute Gasteiger partial charge is 0.359 e. The van der Waals surface area contributed by atoms with Gasteiger partial charge >= 0.3 is 6.03 Å². The maximum Gasteiger partial charge on any atom is 0.318 e. The van der Waals surface area contributed by atoms with E-state index in [9.17, 15) is 14.4 Å². The van der Waals surface area contributed by atoms with Crippen molar-refractivity contribution >= 4 is 17.8 Å². The van der Waals surface area contributed by atoms with Crippen LogP contribution in [0.15, 0.2) is 96.6 Å². The fraction of sp³-hybridized carbons (Fsp3) is 0.323. The van der Waals surface area contributed by atoms with Crippen molar-refractivity contribution < 1.29 is 14.4 Å². The van der Waals surface area contributed by atoms with Crippen LogP contribution >= 0.6 is 0 Å². The number of carbonyl (C=O) groups excluding carboxylic acids is 3. The third-order valence-electron chi connectivity index (χ3n) is 6.95. The number of hydrogen-bond acceptors (Lipinski definition) is 3. The van der Waals surface area contributed by atoms with Crippen LogP contribution in [0.25, 0.3) is 0 Å². The molecular weight excluding hydrogens is 476 g/mol. The summed E-state index contributed by atoms with van der Waals surface area (Å²) >= 11 is 0. The van der Waals surface area contributed by atoms with Gasteiger partial charge in [-0.05, 0) is 36.0 Å². The fourth-order valence-electron chi connectivity index (χ4n) is 4.97. The van der Waals surface area contributed by atoms with Gasteiger partial charge < -0.3 is 20.4 Å². The Kier molecular flexibility index (Phi) is 9.51. The first kappa shape index (κ1) is 26.9. The standard InChI is InChI=1S/C31H36N4O3/c1-32-29(36)20-27-23-34(22-26-16-10-5-11-17-26)30(37)28(19-18-24-12-8-4-9-13-24)35(27)31(38)33-21-25-14-6-2-3-7-15-25/h2,4-17,27-28H,3,18-23H2,1H3,(H,32,36)(H,33,38). The summed E-state index contributed by atoms with van der Waals surface area (Å²) in [6.07, 6.45) is 12.1. The van der Waals surface area contributed by atoms with Crippen molar-refractivity contribution in [1.29, 1.82) is 0 Å². The van der Waals surface area contributed by atoms with Gasteiger partial charge in [-0.2, -0.15) is 0 Å². The van der Waals surface area contributed by atoms with Crippen molar-refractivity contribution in [3.8, 4) is 0 Å². The summed E-state index contributed by atoms with van der Waals surface area (Å²) < 4.78 is 0. The Morgan fingerprint density at radius 2 is 1.68 bits per heavy atom. The number of nitrogens with zero attached hydrogens (tertiary/aromatic N) is 2. The molecule has 0 saturated carbocycles. The molecule has 2 N–H and O–H groups in total. The van der Waals surface area contributed by atoms with Crippen molar-refractivity contribution in [2.24, 2.45) is 0 Å². The Hall–Kier alpha value is -4.13. The number of aryl methyl sites for hydroxylation is 1. The predicted molar refractivity (Wildman–Crippen MR) is 149 cm³/mol. The summed E-state index contributed by atoms with van der Waals surface area (Å²) in [5.41, 5.74) is 3.09. The lowest BCUT2D eigenvalue weighted by Crippen LogP contribution is -2.65. The molecule has 1 saturated heterocycles. The van der Waals surface area contributed by atoms with Gasteiger partial charge in [-0.25, -0.2) is 4.79 Å². The average molecular weight is 513 g/mol. The van der Waals surface area contributed by atoms with E-state index < -0.39 is 12.1 Å². The summed E-state index contributed by atoms with van der Waals surface area (Å²) in [4.78, 5) is 43.5. The van der Waals surface area contributed by atoms with Gasteiger partial charge in [-0.3, -0.25) is 9.59 Å². The lowest BCUT2D eigenvalue weighted by Gasteiger charge is -2.46. The highest BCUT2D eigenvalue weighted by Crippen LogP contribution is 2.25. The van der Waals surface area contributed by atoms with Gasteiger partial charge in [0.2, 0.25) is 11.8 Å². The van der Waals surface area contributed by atoms with Crippen LogP contribution in [-0.2, 0) is 22.6 Å². The van der Waals surface area contributed by atoms with E-state index in [-0.39, 0.29) is 24.3 Å². The molecule has 1 aliphatic carbocycles. The van der Waals surface area contributed by atoms with Gasteiger partial charge in [0, 0.05) is 33.1 Å². The molecule has 2 aliphatic rings. The molecule has 0 spiro atoms. The molecule has 0 radical (unpaired) electrons. The van der Waals surface area contributed by atoms with Crippen LogP contribution in [0.4, 0.5) is 4.79 Å². The summed E-state index contributed by atoms with van der Waals surface area (Å²) in [6, 6.07) is 18.3. The average Bonchev–Trinajstić information content (AvgIpc) is 3.22. The number of allylic oxidation sites excluding steroid dienone is 4. The molecular formula is C31H36N4O3. The van der Waals surface area contributed by atoms with Crippen LogP contribution in [0.5, 0.6) is 0 Å². The highest BCUT2D eigenvalue weighted by molar-refractivity contribution is 5.89. The fourth-order valence-corrected chi connectivity index (χ4v) is 4.97. The van der Waals surface area contributed by atoms with Crippen molar-refractivity contribution in [2.45, 2.75) is 44.3 Å². The third-order valence-corrected chi connectivity index (χ3v) is 6.95. The van der Waals surface area contributed by atoms with Crippen LogP contribution in [0.1, 0.15) is 30.4 Å². The number of piperazine rings is 1. The second-order valence-electron chi connectivity index (χ2n) is 9.65.